The second kappa shape index (κ2) is 7.22. The van der Waals surface area contributed by atoms with Crippen molar-refractivity contribution in [2.45, 2.75) is 20.0 Å². The third kappa shape index (κ3) is 4.19. The smallest absolute Gasteiger partial charge is 0.188 e. The number of carbonyl (C=O) groups is 1. The summed E-state index contributed by atoms with van der Waals surface area (Å²) >= 11 is 5.81. The van der Waals surface area contributed by atoms with Gasteiger partial charge in [-0.25, -0.2) is 0 Å². The lowest BCUT2D eigenvalue weighted by Crippen LogP contribution is -2.09. The Morgan fingerprint density at radius 2 is 1.60 bits per heavy atom. The molecule has 2 nitrogen and oxygen atoms in total. The fraction of sp³-hybridized carbons (Fsp3) is 0.235. The molecule has 0 fully saturated rings. The first-order valence-corrected chi connectivity index (χ1v) is 7.01. The minimum atomic E-state index is 0.00150. The predicted molar refractivity (Wildman–Crippen MR) is 81.3 cm³/mol. The highest BCUT2D eigenvalue weighted by atomic mass is 35.5. The molecule has 0 aliphatic rings. The Morgan fingerprint density at radius 1 is 1.00 bits per heavy atom. The zero-order chi connectivity index (χ0) is 14.4. The van der Waals surface area contributed by atoms with Gasteiger partial charge in [-0.2, -0.15) is 0 Å². The van der Waals surface area contributed by atoms with E-state index in [1.165, 1.54) is 5.56 Å². The van der Waals surface area contributed by atoms with Crippen molar-refractivity contribution >= 4 is 17.4 Å². The van der Waals surface area contributed by atoms with Crippen molar-refractivity contribution in [3.8, 4) is 0 Å². The average molecular weight is 289 g/mol. The molecular formula is C17H17ClO2. The van der Waals surface area contributed by atoms with Gasteiger partial charge in [0.2, 0.25) is 0 Å². The van der Waals surface area contributed by atoms with Gasteiger partial charge in [-0.05, 0) is 29.7 Å². The van der Waals surface area contributed by atoms with Crippen molar-refractivity contribution in [1.29, 1.82) is 0 Å². The molecule has 0 amide bonds. The van der Waals surface area contributed by atoms with Crippen molar-refractivity contribution in [2.24, 2.45) is 0 Å². The van der Waals surface area contributed by atoms with Crippen LogP contribution in [0.2, 0.25) is 5.02 Å². The molecule has 0 saturated heterocycles. The van der Waals surface area contributed by atoms with E-state index in [1.54, 1.807) is 0 Å². The van der Waals surface area contributed by atoms with E-state index in [0.717, 1.165) is 12.0 Å². The Labute approximate surface area is 124 Å². The van der Waals surface area contributed by atoms with Gasteiger partial charge in [0, 0.05) is 10.6 Å². The highest BCUT2D eigenvalue weighted by molar-refractivity contribution is 6.30. The van der Waals surface area contributed by atoms with Crippen LogP contribution in [0.15, 0.2) is 48.5 Å². The van der Waals surface area contributed by atoms with E-state index in [4.69, 9.17) is 16.3 Å². The van der Waals surface area contributed by atoms with Crippen LogP contribution in [0, 0.1) is 0 Å². The summed E-state index contributed by atoms with van der Waals surface area (Å²) in [6, 6.07) is 15.1. The molecular weight excluding hydrogens is 272 g/mol. The third-order valence-electron chi connectivity index (χ3n) is 3.10. The number of ketones is 1. The van der Waals surface area contributed by atoms with Gasteiger partial charge >= 0.3 is 0 Å². The molecule has 0 unspecified atom stereocenters. The van der Waals surface area contributed by atoms with Crippen LogP contribution in [0.3, 0.4) is 0 Å². The van der Waals surface area contributed by atoms with E-state index in [2.05, 4.69) is 6.92 Å². The maximum absolute atomic E-state index is 11.9. The largest absolute Gasteiger partial charge is 0.369 e. The second-order valence-electron chi connectivity index (χ2n) is 4.59. The first-order valence-electron chi connectivity index (χ1n) is 6.63. The number of benzene rings is 2. The molecule has 0 atom stereocenters. The van der Waals surface area contributed by atoms with Crippen molar-refractivity contribution in [2.75, 3.05) is 6.61 Å². The molecule has 0 aromatic heterocycles. The molecule has 0 bridgehead atoms. The van der Waals surface area contributed by atoms with Crippen molar-refractivity contribution in [3.63, 3.8) is 0 Å². The number of hydrogen-bond acceptors (Lipinski definition) is 2. The maximum Gasteiger partial charge on any atom is 0.188 e. The summed E-state index contributed by atoms with van der Waals surface area (Å²) in [5.74, 6) is 0.00150. The Balaban J connectivity index is 1.83. The fourth-order valence-electron chi connectivity index (χ4n) is 1.85. The van der Waals surface area contributed by atoms with Crippen LogP contribution in [0.5, 0.6) is 0 Å². The zero-order valence-electron chi connectivity index (χ0n) is 11.4. The number of rotatable bonds is 6. The lowest BCUT2D eigenvalue weighted by molar-refractivity contribution is 0.0726. The summed E-state index contributed by atoms with van der Waals surface area (Å²) in [7, 11) is 0. The van der Waals surface area contributed by atoms with Crippen LogP contribution >= 0.6 is 11.6 Å². The number of Topliss-reactive ketones (excluding diaryl/α,β-unsaturated/α-hetero) is 1. The molecule has 0 N–H and O–H groups in total. The first kappa shape index (κ1) is 14.8. The van der Waals surface area contributed by atoms with Gasteiger partial charge in [-0.15, -0.1) is 0 Å². The molecule has 0 saturated carbocycles. The van der Waals surface area contributed by atoms with Gasteiger partial charge in [-0.3, -0.25) is 4.79 Å². The van der Waals surface area contributed by atoms with E-state index >= 15 is 0 Å². The minimum Gasteiger partial charge on any atom is -0.369 e. The monoisotopic (exact) mass is 288 g/mol. The number of hydrogen-bond donors (Lipinski definition) is 0. The van der Waals surface area contributed by atoms with Crippen LogP contribution in [-0.2, 0) is 17.8 Å². The number of aryl methyl sites for hydroxylation is 1. The van der Waals surface area contributed by atoms with E-state index in [-0.39, 0.29) is 12.4 Å². The lowest BCUT2D eigenvalue weighted by atomic mass is 10.1. The van der Waals surface area contributed by atoms with E-state index in [9.17, 15) is 4.79 Å². The Morgan fingerprint density at radius 3 is 2.20 bits per heavy atom. The van der Waals surface area contributed by atoms with Gasteiger partial charge in [0.25, 0.3) is 0 Å². The Kier molecular flexibility index (Phi) is 5.33. The first-order chi connectivity index (χ1) is 9.69. The number of halogens is 1. The molecule has 2 aromatic rings. The molecule has 3 heteroatoms. The molecule has 0 spiro atoms. The third-order valence-corrected chi connectivity index (χ3v) is 3.35. The normalized spacial score (nSPS) is 10.5. The molecule has 2 aromatic carbocycles. The van der Waals surface area contributed by atoms with Crippen LogP contribution in [-0.4, -0.2) is 12.4 Å². The van der Waals surface area contributed by atoms with Crippen LogP contribution in [0.1, 0.15) is 28.4 Å². The van der Waals surface area contributed by atoms with E-state index in [0.29, 0.717) is 17.2 Å². The van der Waals surface area contributed by atoms with Crippen molar-refractivity contribution < 1.29 is 9.53 Å². The minimum absolute atomic E-state index is 0.00150. The lowest BCUT2D eigenvalue weighted by Gasteiger charge is -2.05. The Bertz CT molecular complexity index is 559. The van der Waals surface area contributed by atoms with Crippen molar-refractivity contribution in [3.05, 3.63) is 70.2 Å². The summed E-state index contributed by atoms with van der Waals surface area (Å²) in [4.78, 5) is 11.9. The van der Waals surface area contributed by atoms with Crippen LogP contribution in [0.25, 0.3) is 0 Å². The second-order valence-corrected chi connectivity index (χ2v) is 5.03. The van der Waals surface area contributed by atoms with Gasteiger partial charge in [0.1, 0.15) is 6.61 Å². The van der Waals surface area contributed by atoms with Crippen LogP contribution in [0.4, 0.5) is 0 Å². The molecule has 2 rings (SSSR count). The Hall–Kier alpha value is -1.64. The summed E-state index contributed by atoms with van der Waals surface area (Å²) in [6.07, 6.45) is 0.974. The van der Waals surface area contributed by atoms with Gasteiger partial charge in [0.15, 0.2) is 5.78 Å². The average Bonchev–Trinajstić information content (AvgIpc) is 2.49. The van der Waals surface area contributed by atoms with Gasteiger partial charge < -0.3 is 4.74 Å². The van der Waals surface area contributed by atoms with Crippen molar-refractivity contribution in [1.82, 2.24) is 0 Å². The van der Waals surface area contributed by atoms with Gasteiger partial charge in [-0.1, -0.05) is 54.9 Å². The topological polar surface area (TPSA) is 26.3 Å². The molecule has 104 valence electrons. The van der Waals surface area contributed by atoms with Crippen LogP contribution < -0.4 is 0 Å². The van der Waals surface area contributed by atoms with E-state index < -0.39 is 0 Å². The summed E-state index contributed by atoms with van der Waals surface area (Å²) in [5.41, 5.74) is 2.92. The summed E-state index contributed by atoms with van der Waals surface area (Å²) in [6.45, 7) is 2.59. The van der Waals surface area contributed by atoms with Gasteiger partial charge in [0.05, 0.1) is 6.61 Å². The number of ether oxygens (including phenoxy) is 1. The molecule has 0 aliphatic carbocycles. The number of carbonyl (C=O) groups excluding carboxylic acids is 1. The SMILES string of the molecule is CCc1ccc(C(=O)COCc2ccc(Cl)cc2)cc1. The predicted octanol–water partition coefficient (Wildman–Crippen LogP) is 4.30. The summed E-state index contributed by atoms with van der Waals surface area (Å²) in [5, 5.41) is 0.695. The standard InChI is InChI=1S/C17H17ClO2/c1-2-13-3-7-15(8-4-13)17(19)12-20-11-14-5-9-16(18)10-6-14/h3-10H,2,11-12H2,1H3. The summed E-state index contributed by atoms with van der Waals surface area (Å²) < 4.78 is 5.44. The molecule has 0 aliphatic heterocycles. The maximum atomic E-state index is 11.9. The highest BCUT2D eigenvalue weighted by Crippen LogP contribution is 2.11. The fourth-order valence-corrected chi connectivity index (χ4v) is 1.98. The highest BCUT2D eigenvalue weighted by Gasteiger charge is 2.06. The molecule has 20 heavy (non-hydrogen) atoms. The van der Waals surface area contributed by atoms with E-state index in [1.807, 2.05) is 48.5 Å². The quantitative estimate of drug-likeness (QED) is 0.741. The zero-order valence-corrected chi connectivity index (χ0v) is 12.2. The molecule has 0 heterocycles. The molecule has 0 radical (unpaired) electrons.